The van der Waals surface area contributed by atoms with Crippen LogP contribution in [0.15, 0.2) is 48.8 Å². The molecule has 3 heterocycles. The van der Waals surface area contributed by atoms with Crippen LogP contribution in [0.4, 0.5) is 13.2 Å². The van der Waals surface area contributed by atoms with Crippen molar-refractivity contribution < 1.29 is 13.2 Å². The molecule has 4 rings (SSSR count). The molecule has 0 spiro atoms. The minimum absolute atomic E-state index is 0.469. The molecular formula is C20H16ClF3N4. The van der Waals surface area contributed by atoms with Gasteiger partial charge in [0.25, 0.3) is 0 Å². The van der Waals surface area contributed by atoms with Crippen LogP contribution in [0.5, 0.6) is 0 Å². The summed E-state index contributed by atoms with van der Waals surface area (Å²) in [5.41, 5.74) is 4.10. The van der Waals surface area contributed by atoms with E-state index in [9.17, 15) is 13.2 Å². The Kier molecular flexibility index (Phi) is 5.03. The fourth-order valence-corrected chi connectivity index (χ4v) is 3.34. The highest BCUT2D eigenvalue weighted by atomic mass is 35.5. The third-order valence-electron chi connectivity index (χ3n) is 4.64. The number of pyridine rings is 1. The zero-order valence-corrected chi connectivity index (χ0v) is 15.5. The number of rotatable bonds is 3. The Balaban J connectivity index is 1.43. The molecule has 3 aromatic rings. The number of aromatic nitrogens is 3. The fourth-order valence-electron chi connectivity index (χ4n) is 3.21. The molecule has 0 saturated carbocycles. The highest BCUT2D eigenvalue weighted by Gasteiger charge is 2.35. The second-order valence-corrected chi connectivity index (χ2v) is 7.12. The van der Waals surface area contributed by atoms with Crippen molar-refractivity contribution in [3.63, 3.8) is 0 Å². The van der Waals surface area contributed by atoms with Gasteiger partial charge in [0.1, 0.15) is 0 Å². The first-order valence-electron chi connectivity index (χ1n) is 8.74. The van der Waals surface area contributed by atoms with Crippen LogP contribution in [0, 0.1) is 0 Å². The summed E-state index contributed by atoms with van der Waals surface area (Å²) in [6.45, 7) is 1.82. The van der Waals surface area contributed by atoms with E-state index in [-0.39, 0.29) is 0 Å². The first kappa shape index (κ1) is 18.8. The van der Waals surface area contributed by atoms with Gasteiger partial charge in [-0.05, 0) is 23.8 Å². The largest absolute Gasteiger partial charge is 0.451 e. The maximum absolute atomic E-state index is 12.7. The third-order valence-corrected chi connectivity index (χ3v) is 4.89. The molecule has 0 N–H and O–H groups in total. The molecule has 1 aromatic carbocycles. The average molecular weight is 405 g/mol. The van der Waals surface area contributed by atoms with Crippen molar-refractivity contribution in [3.05, 3.63) is 76.5 Å². The molecule has 0 atom stereocenters. The van der Waals surface area contributed by atoms with Gasteiger partial charge in [0.05, 0.1) is 11.4 Å². The lowest BCUT2D eigenvalue weighted by molar-refractivity contribution is -0.145. The first-order valence-corrected chi connectivity index (χ1v) is 9.11. The summed E-state index contributed by atoms with van der Waals surface area (Å²) in [6.07, 6.45) is -0.928. The molecule has 2 aromatic heterocycles. The normalized spacial score (nSPS) is 14.7. The Labute approximate surface area is 165 Å². The van der Waals surface area contributed by atoms with Crippen molar-refractivity contribution in [2.45, 2.75) is 25.7 Å². The molecule has 0 amide bonds. The van der Waals surface area contributed by atoms with Gasteiger partial charge in [-0.2, -0.15) is 13.2 Å². The fraction of sp³-hybridized carbons (Fsp3) is 0.250. The van der Waals surface area contributed by atoms with E-state index >= 15 is 0 Å². The second kappa shape index (κ2) is 7.48. The standard InChI is InChI=1S/C20H16ClF3N4/c21-16-4-2-14(3-5-16)17-6-1-13(9-25-17)11-28-8-7-18-15(12-28)10-26-19(27-18)20(22,23)24/h1-6,9-10H,7-8,11-12H2. The summed E-state index contributed by atoms with van der Waals surface area (Å²) in [4.78, 5) is 13.8. The predicted molar refractivity (Wildman–Crippen MR) is 99.5 cm³/mol. The average Bonchev–Trinajstić information content (AvgIpc) is 2.68. The number of fused-ring (bicyclic) bond motifs is 1. The van der Waals surface area contributed by atoms with Crippen LogP contribution in [0.1, 0.15) is 22.6 Å². The number of nitrogens with zero attached hydrogens (tertiary/aromatic N) is 4. The molecule has 0 saturated heterocycles. The molecule has 0 unspecified atom stereocenters. The van der Waals surface area contributed by atoms with E-state index in [0.29, 0.717) is 36.8 Å². The number of hydrogen-bond donors (Lipinski definition) is 0. The van der Waals surface area contributed by atoms with Gasteiger partial charge in [-0.1, -0.05) is 29.8 Å². The Morgan fingerprint density at radius 3 is 2.46 bits per heavy atom. The third kappa shape index (κ3) is 4.15. The molecule has 1 aliphatic heterocycles. The van der Waals surface area contributed by atoms with Crippen molar-refractivity contribution in [2.24, 2.45) is 0 Å². The van der Waals surface area contributed by atoms with Crippen LogP contribution in [0.2, 0.25) is 5.02 Å². The molecule has 0 aliphatic carbocycles. The maximum atomic E-state index is 12.7. The van der Waals surface area contributed by atoms with Crippen LogP contribution in [0.3, 0.4) is 0 Å². The summed E-state index contributed by atoms with van der Waals surface area (Å²) < 4.78 is 38.2. The topological polar surface area (TPSA) is 41.9 Å². The zero-order valence-electron chi connectivity index (χ0n) is 14.7. The molecule has 1 aliphatic rings. The van der Waals surface area contributed by atoms with Gasteiger partial charge in [-0.15, -0.1) is 0 Å². The van der Waals surface area contributed by atoms with Crippen LogP contribution in [-0.2, 0) is 25.7 Å². The quantitative estimate of drug-likeness (QED) is 0.630. The molecule has 28 heavy (non-hydrogen) atoms. The highest BCUT2D eigenvalue weighted by Crippen LogP contribution is 2.28. The van der Waals surface area contributed by atoms with Gasteiger partial charge in [0.15, 0.2) is 0 Å². The molecule has 0 fully saturated rings. The van der Waals surface area contributed by atoms with E-state index in [1.165, 1.54) is 6.20 Å². The van der Waals surface area contributed by atoms with Gasteiger partial charge in [-0.3, -0.25) is 9.88 Å². The van der Waals surface area contributed by atoms with Crippen molar-refractivity contribution in [3.8, 4) is 11.3 Å². The molecule has 0 radical (unpaired) electrons. The molecule has 144 valence electrons. The number of benzene rings is 1. The van der Waals surface area contributed by atoms with Crippen LogP contribution in [0.25, 0.3) is 11.3 Å². The lowest BCUT2D eigenvalue weighted by atomic mass is 10.1. The summed E-state index contributed by atoms with van der Waals surface area (Å²) in [6, 6.07) is 11.4. The summed E-state index contributed by atoms with van der Waals surface area (Å²) in [5, 5.41) is 0.678. The van der Waals surface area contributed by atoms with Crippen molar-refractivity contribution in [1.82, 2.24) is 19.9 Å². The first-order chi connectivity index (χ1) is 13.4. The number of halogens is 4. The van der Waals surface area contributed by atoms with Crippen LogP contribution < -0.4 is 0 Å². The summed E-state index contributed by atoms with van der Waals surface area (Å²) in [7, 11) is 0. The lowest BCUT2D eigenvalue weighted by Gasteiger charge is -2.28. The van der Waals surface area contributed by atoms with Gasteiger partial charge >= 0.3 is 6.18 Å². The molecule has 4 nitrogen and oxygen atoms in total. The molecule has 0 bridgehead atoms. The van der Waals surface area contributed by atoms with E-state index in [1.54, 1.807) is 0 Å². The Morgan fingerprint density at radius 1 is 1.00 bits per heavy atom. The van der Waals surface area contributed by atoms with Gasteiger partial charge < -0.3 is 0 Å². The Hall–Kier alpha value is -2.51. The second-order valence-electron chi connectivity index (χ2n) is 6.68. The van der Waals surface area contributed by atoms with E-state index in [4.69, 9.17) is 11.6 Å². The van der Waals surface area contributed by atoms with E-state index in [0.717, 1.165) is 22.4 Å². The maximum Gasteiger partial charge on any atom is 0.451 e. The molecular weight excluding hydrogens is 389 g/mol. The van der Waals surface area contributed by atoms with Crippen LogP contribution >= 0.6 is 11.6 Å². The van der Waals surface area contributed by atoms with Crippen molar-refractivity contribution in [1.29, 1.82) is 0 Å². The van der Waals surface area contributed by atoms with E-state index in [1.807, 2.05) is 42.6 Å². The van der Waals surface area contributed by atoms with Crippen LogP contribution in [-0.4, -0.2) is 26.4 Å². The summed E-state index contributed by atoms with van der Waals surface area (Å²) in [5.74, 6) is -1.07. The molecule has 8 heteroatoms. The van der Waals surface area contributed by atoms with Gasteiger partial charge in [0, 0.05) is 54.6 Å². The zero-order chi connectivity index (χ0) is 19.7. The number of hydrogen-bond acceptors (Lipinski definition) is 4. The number of alkyl halides is 3. The SMILES string of the molecule is FC(F)(F)c1ncc2c(n1)CCN(Cc1ccc(-c3ccc(Cl)cc3)nc1)C2. The van der Waals surface area contributed by atoms with Crippen molar-refractivity contribution in [2.75, 3.05) is 6.54 Å². The van der Waals surface area contributed by atoms with E-state index in [2.05, 4.69) is 19.9 Å². The van der Waals surface area contributed by atoms with Gasteiger partial charge in [-0.25, -0.2) is 9.97 Å². The minimum Gasteiger partial charge on any atom is -0.294 e. The summed E-state index contributed by atoms with van der Waals surface area (Å²) >= 11 is 5.91. The predicted octanol–water partition coefficient (Wildman–Crippen LogP) is 4.77. The lowest BCUT2D eigenvalue weighted by Crippen LogP contribution is -2.31. The highest BCUT2D eigenvalue weighted by molar-refractivity contribution is 6.30. The van der Waals surface area contributed by atoms with Gasteiger partial charge in [0.2, 0.25) is 5.82 Å². The monoisotopic (exact) mass is 404 g/mol. The minimum atomic E-state index is -4.51. The Bertz CT molecular complexity index is 972. The van der Waals surface area contributed by atoms with Crippen molar-refractivity contribution >= 4 is 11.6 Å². The Morgan fingerprint density at radius 2 is 1.79 bits per heavy atom. The van der Waals surface area contributed by atoms with E-state index < -0.39 is 12.0 Å². The smallest absolute Gasteiger partial charge is 0.294 e.